The Morgan fingerprint density at radius 1 is 1.04 bits per heavy atom. The van der Waals surface area contributed by atoms with E-state index in [0.29, 0.717) is 0 Å². The van der Waals surface area contributed by atoms with Gasteiger partial charge in [0.05, 0.1) is 5.69 Å². The summed E-state index contributed by atoms with van der Waals surface area (Å²) in [5.41, 5.74) is 2.16. The maximum absolute atomic E-state index is 4.22. The van der Waals surface area contributed by atoms with Crippen molar-refractivity contribution in [2.24, 2.45) is 0 Å². The Labute approximate surface area is 170 Å². The van der Waals surface area contributed by atoms with E-state index in [1.165, 1.54) is 0 Å². The van der Waals surface area contributed by atoms with Crippen LogP contribution in [0.15, 0.2) is 71.9 Å². The number of halogens is 1. The van der Waals surface area contributed by atoms with Crippen molar-refractivity contribution in [1.82, 2.24) is 25.5 Å². The maximum atomic E-state index is 4.22. The van der Waals surface area contributed by atoms with E-state index in [1.54, 1.807) is 16.4 Å². The molecule has 7 heteroatoms. The summed E-state index contributed by atoms with van der Waals surface area (Å²) in [5, 5.41) is 16.5. The lowest BCUT2D eigenvalue weighted by molar-refractivity contribution is 0.450. The summed E-state index contributed by atoms with van der Waals surface area (Å²) in [6, 6.07) is 20.2. The van der Waals surface area contributed by atoms with Gasteiger partial charge >= 0.3 is 0 Å². The van der Waals surface area contributed by atoms with Gasteiger partial charge in [-0.2, -0.15) is 4.68 Å². The summed E-state index contributed by atoms with van der Waals surface area (Å²) >= 11 is 1.57. The van der Waals surface area contributed by atoms with Gasteiger partial charge in [0.2, 0.25) is 5.16 Å². The summed E-state index contributed by atoms with van der Waals surface area (Å²) in [6.45, 7) is 7.25. The van der Waals surface area contributed by atoms with E-state index < -0.39 is 0 Å². The third-order valence-corrected chi connectivity index (χ3v) is 4.68. The number of para-hydroxylation sites is 1. The minimum Gasteiger partial charge on any atom is -0.309 e. The molecule has 3 aromatic rings. The quantitative estimate of drug-likeness (QED) is 0.611. The van der Waals surface area contributed by atoms with Crippen LogP contribution in [-0.2, 0) is 0 Å². The van der Waals surface area contributed by atoms with Crippen molar-refractivity contribution in [2.75, 3.05) is 6.54 Å². The molecule has 2 aromatic carbocycles. The highest BCUT2D eigenvalue weighted by Gasteiger charge is 2.13. The van der Waals surface area contributed by atoms with E-state index in [-0.39, 0.29) is 17.9 Å². The smallest absolute Gasteiger partial charge is 0.218 e. The molecule has 27 heavy (non-hydrogen) atoms. The van der Waals surface area contributed by atoms with Crippen molar-refractivity contribution >= 4 is 29.1 Å². The van der Waals surface area contributed by atoms with Crippen LogP contribution in [0.25, 0.3) is 10.6 Å². The van der Waals surface area contributed by atoms with E-state index in [1.807, 2.05) is 48.5 Å². The second-order valence-corrected chi connectivity index (χ2v) is 7.89. The van der Waals surface area contributed by atoms with Gasteiger partial charge in [0.1, 0.15) is 0 Å². The van der Waals surface area contributed by atoms with Gasteiger partial charge in [0.25, 0.3) is 0 Å². The number of tetrazole rings is 1. The Morgan fingerprint density at radius 3 is 2.30 bits per heavy atom. The lowest BCUT2D eigenvalue weighted by Gasteiger charge is -2.19. The monoisotopic (exact) mass is 401 g/mol. The number of hydrogen-bond acceptors (Lipinski definition) is 5. The lowest BCUT2D eigenvalue weighted by atomic mass is 10.1. The fourth-order valence-electron chi connectivity index (χ4n) is 2.34. The number of thioether (sulfide) groups is 1. The molecule has 1 aromatic heterocycles. The largest absolute Gasteiger partial charge is 0.309 e. The third-order valence-electron chi connectivity index (χ3n) is 3.62. The van der Waals surface area contributed by atoms with Crippen molar-refractivity contribution in [3.63, 3.8) is 0 Å². The first-order valence-corrected chi connectivity index (χ1v) is 9.37. The predicted molar refractivity (Wildman–Crippen MR) is 114 cm³/mol. The number of nitrogens with one attached hydrogen (secondary N) is 1. The van der Waals surface area contributed by atoms with Crippen LogP contribution in [0.4, 0.5) is 0 Å². The van der Waals surface area contributed by atoms with Gasteiger partial charge in [-0.15, -0.1) is 17.5 Å². The van der Waals surface area contributed by atoms with E-state index >= 15 is 0 Å². The average molecular weight is 402 g/mol. The minimum atomic E-state index is 0. The Kier molecular flexibility index (Phi) is 7.59. The van der Waals surface area contributed by atoms with Gasteiger partial charge in [-0.05, 0) is 60.7 Å². The molecule has 0 saturated carbocycles. The topological polar surface area (TPSA) is 55.6 Å². The van der Waals surface area contributed by atoms with Crippen LogP contribution in [0.5, 0.6) is 0 Å². The van der Waals surface area contributed by atoms with Crippen LogP contribution >= 0.6 is 24.2 Å². The molecule has 0 fully saturated rings. The molecule has 0 atom stereocenters. The molecule has 3 rings (SSSR count). The maximum Gasteiger partial charge on any atom is 0.218 e. The molecule has 0 amide bonds. The Morgan fingerprint density at radius 2 is 1.67 bits per heavy atom. The predicted octanol–water partition coefficient (Wildman–Crippen LogP) is 4.61. The van der Waals surface area contributed by atoms with Crippen molar-refractivity contribution in [3.8, 4) is 5.69 Å². The van der Waals surface area contributed by atoms with E-state index in [9.17, 15) is 0 Å². The summed E-state index contributed by atoms with van der Waals surface area (Å²) in [4.78, 5) is 1.12. The molecule has 1 heterocycles. The number of benzene rings is 2. The van der Waals surface area contributed by atoms with Crippen molar-refractivity contribution in [2.45, 2.75) is 31.5 Å². The Balaban J connectivity index is 0.00000261. The number of rotatable bonds is 6. The first kappa shape index (κ1) is 21.2. The SMILES string of the molecule is CC(C)(C)NC/C=C(\Sc1nnnn1-c1ccccc1)c1ccccc1.Cl. The molecular weight excluding hydrogens is 378 g/mol. The zero-order valence-corrected chi connectivity index (χ0v) is 17.3. The number of nitrogens with zero attached hydrogens (tertiary/aromatic N) is 4. The highest BCUT2D eigenvalue weighted by atomic mass is 35.5. The molecule has 0 bridgehead atoms. The van der Waals surface area contributed by atoms with Crippen molar-refractivity contribution < 1.29 is 0 Å². The van der Waals surface area contributed by atoms with Crippen LogP contribution in [-0.4, -0.2) is 32.3 Å². The Hall–Kier alpha value is -2.15. The van der Waals surface area contributed by atoms with Gasteiger partial charge in [0.15, 0.2) is 0 Å². The Bertz CT molecular complexity index is 857. The third kappa shape index (κ3) is 6.20. The summed E-state index contributed by atoms with van der Waals surface area (Å²) in [6.07, 6.45) is 2.19. The molecule has 1 N–H and O–H groups in total. The van der Waals surface area contributed by atoms with Crippen LogP contribution in [0.2, 0.25) is 0 Å². The van der Waals surface area contributed by atoms with E-state index in [0.717, 1.165) is 27.9 Å². The molecule has 0 radical (unpaired) electrons. The van der Waals surface area contributed by atoms with Gasteiger partial charge in [-0.1, -0.05) is 54.6 Å². The van der Waals surface area contributed by atoms with Crippen LogP contribution in [0.1, 0.15) is 26.3 Å². The number of hydrogen-bond donors (Lipinski definition) is 1. The van der Waals surface area contributed by atoms with Crippen LogP contribution in [0.3, 0.4) is 0 Å². The zero-order chi connectivity index (χ0) is 18.4. The molecule has 5 nitrogen and oxygen atoms in total. The van der Waals surface area contributed by atoms with Gasteiger partial charge in [-0.25, -0.2) is 0 Å². The van der Waals surface area contributed by atoms with Gasteiger partial charge in [-0.3, -0.25) is 0 Å². The van der Waals surface area contributed by atoms with Gasteiger partial charge in [0, 0.05) is 17.0 Å². The molecule has 0 saturated heterocycles. The second kappa shape index (κ2) is 9.69. The van der Waals surface area contributed by atoms with Gasteiger partial charge < -0.3 is 5.32 Å². The fraction of sp³-hybridized carbons (Fsp3) is 0.250. The van der Waals surface area contributed by atoms with E-state index in [4.69, 9.17) is 0 Å². The molecule has 0 spiro atoms. The van der Waals surface area contributed by atoms with E-state index in [2.05, 4.69) is 59.8 Å². The standard InChI is InChI=1S/C20H23N5S.ClH/c1-20(2,3)21-15-14-18(16-10-6-4-7-11-16)26-19-22-23-24-25(19)17-12-8-5-9-13-17;/h4-14,21H,15H2,1-3H3;1H/b18-14-;. The normalized spacial score (nSPS) is 11.9. The van der Waals surface area contributed by atoms with Crippen LogP contribution in [0, 0.1) is 0 Å². The van der Waals surface area contributed by atoms with Crippen LogP contribution < -0.4 is 5.32 Å². The highest BCUT2D eigenvalue weighted by molar-refractivity contribution is 8.08. The van der Waals surface area contributed by atoms with Crippen molar-refractivity contribution in [3.05, 3.63) is 72.3 Å². The summed E-state index contributed by atoms with van der Waals surface area (Å²) in [5.74, 6) is 0. The second-order valence-electron chi connectivity index (χ2n) is 6.88. The molecule has 142 valence electrons. The first-order chi connectivity index (χ1) is 12.5. The summed E-state index contributed by atoms with van der Waals surface area (Å²) < 4.78 is 1.76. The highest BCUT2D eigenvalue weighted by Crippen LogP contribution is 2.33. The average Bonchev–Trinajstić information content (AvgIpc) is 3.09. The molecule has 0 aliphatic carbocycles. The minimum absolute atomic E-state index is 0. The lowest BCUT2D eigenvalue weighted by Crippen LogP contribution is -2.35. The van der Waals surface area contributed by atoms with Crippen molar-refractivity contribution in [1.29, 1.82) is 0 Å². The molecule has 0 aliphatic heterocycles. The molecular formula is C20H24ClN5S. The zero-order valence-electron chi connectivity index (χ0n) is 15.7. The number of aromatic nitrogens is 4. The molecule has 0 unspecified atom stereocenters. The summed E-state index contributed by atoms with van der Waals surface area (Å²) in [7, 11) is 0. The fourth-order valence-corrected chi connectivity index (χ4v) is 3.27. The first-order valence-electron chi connectivity index (χ1n) is 8.55. The molecule has 0 aliphatic rings.